The minimum absolute atomic E-state index is 0.108. The quantitative estimate of drug-likeness (QED) is 0.685. The van der Waals surface area contributed by atoms with E-state index in [4.69, 9.17) is 14.5 Å². The van der Waals surface area contributed by atoms with Crippen LogP contribution in [-0.2, 0) is 19.5 Å². The molecular weight excluding hydrogens is 366 g/mol. The Hall–Kier alpha value is -3.02. The Kier molecular flexibility index (Phi) is 5.69. The molecule has 1 N–H and O–H groups in total. The van der Waals surface area contributed by atoms with Crippen LogP contribution in [0.4, 0.5) is 0 Å². The van der Waals surface area contributed by atoms with Crippen molar-refractivity contribution in [2.24, 2.45) is 0 Å². The van der Waals surface area contributed by atoms with Crippen LogP contribution < -0.4 is 14.8 Å². The molecule has 3 aromatic rings. The van der Waals surface area contributed by atoms with Crippen LogP contribution in [0.3, 0.4) is 0 Å². The first-order valence-corrected chi connectivity index (χ1v) is 10.3. The molecule has 0 radical (unpaired) electrons. The van der Waals surface area contributed by atoms with Crippen molar-refractivity contribution in [1.82, 2.24) is 14.9 Å². The molecule has 0 fully saturated rings. The summed E-state index contributed by atoms with van der Waals surface area (Å²) in [6.07, 6.45) is 4.63. The number of fused-ring (bicyclic) bond motifs is 3. The van der Waals surface area contributed by atoms with Crippen LogP contribution in [0.1, 0.15) is 47.9 Å². The fourth-order valence-electron chi connectivity index (χ4n) is 3.87. The van der Waals surface area contributed by atoms with Crippen LogP contribution in [-0.4, -0.2) is 29.2 Å². The third kappa shape index (κ3) is 4.06. The summed E-state index contributed by atoms with van der Waals surface area (Å²) in [5.41, 5.74) is 3.60. The highest BCUT2D eigenvalue weighted by Crippen LogP contribution is 2.28. The monoisotopic (exact) mass is 393 g/mol. The topological polar surface area (TPSA) is 65.4 Å². The number of benzene rings is 2. The van der Waals surface area contributed by atoms with Gasteiger partial charge < -0.3 is 19.4 Å². The van der Waals surface area contributed by atoms with Gasteiger partial charge in [-0.3, -0.25) is 4.79 Å². The first-order valence-electron chi connectivity index (χ1n) is 10.3. The number of carbonyl (C=O) groups excluding carboxylic acids is 1. The highest BCUT2D eigenvalue weighted by atomic mass is 16.5. The molecule has 4 rings (SSSR count). The Balaban J connectivity index is 1.48. The number of nitrogens with zero attached hydrogens (tertiary/aromatic N) is 2. The zero-order valence-electron chi connectivity index (χ0n) is 17.0. The molecule has 1 aliphatic heterocycles. The van der Waals surface area contributed by atoms with E-state index in [9.17, 15) is 4.79 Å². The van der Waals surface area contributed by atoms with E-state index in [2.05, 4.69) is 9.88 Å². The van der Waals surface area contributed by atoms with Crippen molar-refractivity contribution < 1.29 is 14.3 Å². The Morgan fingerprint density at radius 3 is 2.86 bits per heavy atom. The van der Waals surface area contributed by atoms with E-state index in [0.717, 1.165) is 35.4 Å². The maximum Gasteiger partial charge on any atom is 0.251 e. The largest absolute Gasteiger partial charge is 0.493 e. The number of carbonyl (C=O) groups is 1. The molecule has 6 nitrogen and oxygen atoms in total. The molecule has 0 aliphatic carbocycles. The number of hydrogen-bond donors (Lipinski definition) is 1. The molecular formula is C23H27N3O3. The summed E-state index contributed by atoms with van der Waals surface area (Å²) >= 11 is 0. The summed E-state index contributed by atoms with van der Waals surface area (Å²) in [5, 5.41) is 2.98. The van der Waals surface area contributed by atoms with Gasteiger partial charge in [-0.15, -0.1) is 0 Å². The van der Waals surface area contributed by atoms with Crippen LogP contribution in [0, 0.1) is 0 Å². The molecule has 1 amide bonds. The van der Waals surface area contributed by atoms with Crippen molar-refractivity contribution in [3.8, 4) is 11.5 Å². The van der Waals surface area contributed by atoms with Gasteiger partial charge in [-0.1, -0.05) is 12.5 Å². The van der Waals surface area contributed by atoms with Gasteiger partial charge in [-0.25, -0.2) is 4.98 Å². The SMILES string of the molecule is CCOc1ccc(CNC(=O)c2ccc3c(c2)nc2n3CCCCC2)cc1OC. The van der Waals surface area contributed by atoms with Gasteiger partial charge in [0, 0.05) is 25.1 Å². The number of methoxy groups -OCH3 is 1. The zero-order valence-corrected chi connectivity index (χ0v) is 17.0. The van der Waals surface area contributed by atoms with Gasteiger partial charge in [0.15, 0.2) is 11.5 Å². The molecule has 0 saturated carbocycles. The van der Waals surface area contributed by atoms with E-state index in [0.29, 0.717) is 30.2 Å². The number of aryl methyl sites for hydroxylation is 2. The molecule has 0 unspecified atom stereocenters. The highest BCUT2D eigenvalue weighted by Gasteiger charge is 2.15. The number of nitrogens with one attached hydrogen (secondary N) is 1. The first kappa shape index (κ1) is 19.3. The van der Waals surface area contributed by atoms with Crippen LogP contribution in [0.15, 0.2) is 36.4 Å². The Morgan fingerprint density at radius 1 is 1.14 bits per heavy atom. The molecule has 29 heavy (non-hydrogen) atoms. The van der Waals surface area contributed by atoms with Crippen molar-refractivity contribution in [3.63, 3.8) is 0 Å². The molecule has 0 saturated heterocycles. The molecule has 6 heteroatoms. The van der Waals surface area contributed by atoms with Gasteiger partial charge in [0.25, 0.3) is 5.91 Å². The lowest BCUT2D eigenvalue weighted by Gasteiger charge is -2.11. The summed E-state index contributed by atoms with van der Waals surface area (Å²) in [4.78, 5) is 17.5. The summed E-state index contributed by atoms with van der Waals surface area (Å²) in [6.45, 7) is 3.94. The molecule has 1 aliphatic rings. The van der Waals surface area contributed by atoms with Crippen LogP contribution in [0.25, 0.3) is 11.0 Å². The van der Waals surface area contributed by atoms with Crippen molar-refractivity contribution >= 4 is 16.9 Å². The number of rotatable bonds is 6. The average Bonchev–Trinajstić information content (AvgIpc) is 2.92. The van der Waals surface area contributed by atoms with E-state index < -0.39 is 0 Å². The zero-order chi connectivity index (χ0) is 20.2. The van der Waals surface area contributed by atoms with Crippen LogP contribution in [0.5, 0.6) is 11.5 Å². The molecule has 0 spiro atoms. The predicted molar refractivity (Wildman–Crippen MR) is 113 cm³/mol. The molecule has 0 atom stereocenters. The van der Waals surface area contributed by atoms with Gasteiger partial charge in [0.1, 0.15) is 5.82 Å². The van der Waals surface area contributed by atoms with Gasteiger partial charge >= 0.3 is 0 Å². The van der Waals surface area contributed by atoms with Crippen molar-refractivity contribution in [1.29, 1.82) is 0 Å². The maximum atomic E-state index is 12.7. The standard InChI is InChI=1S/C23H27N3O3/c1-3-29-20-11-8-16(13-21(20)28-2)15-24-23(27)17-9-10-19-18(14-17)25-22-7-5-4-6-12-26(19)22/h8-11,13-14H,3-7,12,15H2,1-2H3,(H,24,27). The molecule has 1 aromatic heterocycles. The number of ether oxygens (including phenoxy) is 2. The van der Waals surface area contributed by atoms with Crippen LogP contribution >= 0.6 is 0 Å². The van der Waals surface area contributed by atoms with Gasteiger partial charge in [-0.05, 0) is 55.7 Å². The number of hydrogen-bond acceptors (Lipinski definition) is 4. The molecule has 0 bridgehead atoms. The van der Waals surface area contributed by atoms with Crippen molar-refractivity contribution in [3.05, 3.63) is 53.3 Å². The van der Waals surface area contributed by atoms with E-state index in [1.54, 1.807) is 7.11 Å². The van der Waals surface area contributed by atoms with Gasteiger partial charge in [0.2, 0.25) is 0 Å². The van der Waals surface area contributed by atoms with E-state index >= 15 is 0 Å². The smallest absolute Gasteiger partial charge is 0.251 e. The average molecular weight is 393 g/mol. The minimum atomic E-state index is -0.108. The number of imidazole rings is 1. The number of amides is 1. The number of aromatic nitrogens is 2. The third-order valence-electron chi connectivity index (χ3n) is 5.35. The molecule has 2 heterocycles. The second-order valence-corrected chi connectivity index (χ2v) is 7.29. The third-order valence-corrected chi connectivity index (χ3v) is 5.35. The van der Waals surface area contributed by atoms with Crippen LogP contribution in [0.2, 0.25) is 0 Å². The Morgan fingerprint density at radius 2 is 2.03 bits per heavy atom. The molecule has 2 aromatic carbocycles. The summed E-state index contributed by atoms with van der Waals surface area (Å²) in [7, 11) is 1.61. The maximum absolute atomic E-state index is 12.7. The van der Waals surface area contributed by atoms with E-state index in [1.165, 1.54) is 19.3 Å². The van der Waals surface area contributed by atoms with E-state index in [-0.39, 0.29) is 5.91 Å². The summed E-state index contributed by atoms with van der Waals surface area (Å²) in [6, 6.07) is 11.5. The fraction of sp³-hybridized carbons (Fsp3) is 0.391. The van der Waals surface area contributed by atoms with Gasteiger partial charge in [0.05, 0.1) is 24.8 Å². The highest BCUT2D eigenvalue weighted by molar-refractivity contribution is 5.97. The summed E-state index contributed by atoms with van der Waals surface area (Å²) in [5.74, 6) is 2.40. The van der Waals surface area contributed by atoms with E-state index in [1.807, 2.05) is 43.3 Å². The lowest BCUT2D eigenvalue weighted by Crippen LogP contribution is -2.22. The lowest BCUT2D eigenvalue weighted by molar-refractivity contribution is 0.0951. The Bertz CT molecular complexity index is 1030. The molecule has 152 valence electrons. The Labute approximate surface area is 170 Å². The first-order chi connectivity index (χ1) is 14.2. The van der Waals surface area contributed by atoms with Crippen molar-refractivity contribution in [2.45, 2.75) is 45.7 Å². The second kappa shape index (κ2) is 8.55. The van der Waals surface area contributed by atoms with Crippen molar-refractivity contribution in [2.75, 3.05) is 13.7 Å². The summed E-state index contributed by atoms with van der Waals surface area (Å²) < 4.78 is 13.2. The fourth-order valence-corrected chi connectivity index (χ4v) is 3.87. The lowest BCUT2D eigenvalue weighted by atomic mass is 10.1. The normalized spacial score (nSPS) is 13.6. The van der Waals surface area contributed by atoms with Gasteiger partial charge in [-0.2, -0.15) is 0 Å². The second-order valence-electron chi connectivity index (χ2n) is 7.29. The minimum Gasteiger partial charge on any atom is -0.493 e. The predicted octanol–water partition coefficient (Wildman–Crippen LogP) is 4.10.